The van der Waals surface area contributed by atoms with Crippen molar-refractivity contribution in [2.75, 3.05) is 12.9 Å². The molecule has 6 nitrogen and oxygen atoms in total. The molecule has 1 unspecified atom stereocenters. The fourth-order valence-corrected chi connectivity index (χ4v) is 4.34. The fraction of sp³-hybridized carbons (Fsp3) is 0.400. The average Bonchev–Trinajstić information content (AvgIpc) is 3.16. The van der Waals surface area contributed by atoms with Gasteiger partial charge in [-0.05, 0) is 54.2 Å². The Balaban J connectivity index is 1.68. The summed E-state index contributed by atoms with van der Waals surface area (Å²) in [5, 5.41) is 12.4. The number of aryl methyl sites for hydroxylation is 1. The van der Waals surface area contributed by atoms with E-state index in [1.807, 2.05) is 35.8 Å². The van der Waals surface area contributed by atoms with Crippen LogP contribution in [0.3, 0.4) is 0 Å². The van der Waals surface area contributed by atoms with Crippen molar-refractivity contribution in [3.8, 4) is 11.4 Å². The number of benzene rings is 2. The summed E-state index contributed by atoms with van der Waals surface area (Å²) in [6.07, 6.45) is 0. The SMILES string of the molecule is COc1ccc(-n2c(C)nnc2SCC(=O)NC(c2ccc(C(C)C)cc2)C(C)C)cc1. The summed E-state index contributed by atoms with van der Waals surface area (Å²) in [6, 6.07) is 16.2. The number of hydrogen-bond acceptors (Lipinski definition) is 5. The zero-order valence-electron chi connectivity index (χ0n) is 19.6. The molecule has 0 saturated heterocycles. The van der Waals surface area contributed by atoms with Gasteiger partial charge in [0.1, 0.15) is 11.6 Å². The topological polar surface area (TPSA) is 69.0 Å². The third-order valence-electron chi connectivity index (χ3n) is 5.40. The number of carbonyl (C=O) groups is 1. The summed E-state index contributed by atoms with van der Waals surface area (Å²) >= 11 is 1.38. The van der Waals surface area contributed by atoms with Gasteiger partial charge < -0.3 is 10.1 Å². The van der Waals surface area contributed by atoms with Gasteiger partial charge in [-0.3, -0.25) is 9.36 Å². The molecule has 170 valence electrons. The van der Waals surface area contributed by atoms with Crippen molar-refractivity contribution in [1.82, 2.24) is 20.1 Å². The van der Waals surface area contributed by atoms with Crippen LogP contribution in [-0.2, 0) is 4.79 Å². The Morgan fingerprint density at radius 3 is 2.19 bits per heavy atom. The number of thioether (sulfide) groups is 1. The molecule has 3 aromatic rings. The van der Waals surface area contributed by atoms with E-state index >= 15 is 0 Å². The third kappa shape index (κ3) is 5.71. The summed E-state index contributed by atoms with van der Waals surface area (Å²) in [4.78, 5) is 12.8. The number of ether oxygens (including phenoxy) is 1. The lowest BCUT2D eigenvalue weighted by molar-refractivity contribution is -0.119. The van der Waals surface area contributed by atoms with Crippen LogP contribution in [0, 0.1) is 12.8 Å². The molecule has 3 rings (SSSR count). The van der Waals surface area contributed by atoms with Crippen molar-refractivity contribution in [2.45, 2.75) is 51.7 Å². The van der Waals surface area contributed by atoms with Crippen molar-refractivity contribution >= 4 is 17.7 Å². The largest absolute Gasteiger partial charge is 0.497 e. The summed E-state index contributed by atoms with van der Waals surface area (Å²) in [5.74, 6) is 2.56. The van der Waals surface area contributed by atoms with Crippen molar-refractivity contribution < 1.29 is 9.53 Å². The summed E-state index contributed by atoms with van der Waals surface area (Å²) in [6.45, 7) is 10.5. The Labute approximate surface area is 194 Å². The van der Waals surface area contributed by atoms with Crippen LogP contribution in [0.25, 0.3) is 5.69 Å². The number of rotatable bonds is 9. The lowest BCUT2D eigenvalue weighted by Gasteiger charge is -2.23. The number of nitrogens with zero attached hydrogens (tertiary/aromatic N) is 3. The van der Waals surface area contributed by atoms with Crippen LogP contribution in [0.5, 0.6) is 5.75 Å². The molecule has 0 aliphatic rings. The molecule has 1 N–H and O–H groups in total. The smallest absolute Gasteiger partial charge is 0.230 e. The van der Waals surface area contributed by atoms with E-state index < -0.39 is 0 Å². The number of aromatic nitrogens is 3. The molecule has 1 aromatic heterocycles. The van der Waals surface area contributed by atoms with Crippen LogP contribution in [0.4, 0.5) is 0 Å². The van der Waals surface area contributed by atoms with Crippen molar-refractivity contribution in [2.24, 2.45) is 5.92 Å². The standard InChI is InChI=1S/C25H32N4O2S/c1-16(2)19-7-9-20(10-8-19)24(17(3)4)26-23(30)15-32-25-28-27-18(5)29(25)21-11-13-22(31-6)14-12-21/h7-14,16-17,24H,15H2,1-6H3,(H,26,30). The highest BCUT2D eigenvalue weighted by Gasteiger charge is 2.20. The number of hydrogen-bond donors (Lipinski definition) is 1. The Morgan fingerprint density at radius 2 is 1.62 bits per heavy atom. The monoisotopic (exact) mass is 452 g/mol. The molecule has 0 aliphatic carbocycles. The maximum Gasteiger partial charge on any atom is 0.230 e. The van der Waals surface area contributed by atoms with Crippen molar-refractivity contribution in [3.05, 3.63) is 65.5 Å². The number of methoxy groups -OCH3 is 1. The Bertz CT molecular complexity index is 1030. The lowest BCUT2D eigenvalue weighted by Crippen LogP contribution is -2.33. The molecule has 1 atom stereocenters. The first-order valence-corrected chi connectivity index (χ1v) is 11.9. The van der Waals surface area contributed by atoms with Gasteiger partial charge in [-0.15, -0.1) is 10.2 Å². The molecule has 0 fully saturated rings. The minimum absolute atomic E-state index is 0.0245. The molecule has 1 amide bonds. The van der Waals surface area contributed by atoms with Crippen LogP contribution in [0.1, 0.15) is 56.6 Å². The van der Waals surface area contributed by atoms with Gasteiger partial charge in [-0.2, -0.15) is 0 Å². The van der Waals surface area contributed by atoms with Gasteiger partial charge in [0.25, 0.3) is 0 Å². The molecule has 0 saturated carbocycles. The van der Waals surface area contributed by atoms with E-state index in [0.717, 1.165) is 22.8 Å². The summed E-state index contributed by atoms with van der Waals surface area (Å²) in [5.41, 5.74) is 3.35. The van der Waals surface area contributed by atoms with Gasteiger partial charge in [0.05, 0.1) is 18.9 Å². The zero-order chi connectivity index (χ0) is 23.3. The molecule has 32 heavy (non-hydrogen) atoms. The van der Waals surface area contributed by atoms with E-state index in [0.29, 0.717) is 11.1 Å². The Morgan fingerprint density at radius 1 is 1.00 bits per heavy atom. The molecular weight excluding hydrogens is 420 g/mol. The van der Waals surface area contributed by atoms with Gasteiger partial charge in [-0.25, -0.2) is 0 Å². The number of nitrogens with one attached hydrogen (secondary N) is 1. The predicted molar refractivity (Wildman–Crippen MR) is 130 cm³/mol. The van der Waals surface area contributed by atoms with E-state index in [1.165, 1.54) is 17.3 Å². The molecular formula is C25H32N4O2S. The minimum atomic E-state index is -0.0366. The van der Waals surface area contributed by atoms with Crippen LogP contribution in [-0.4, -0.2) is 33.5 Å². The van der Waals surface area contributed by atoms with Gasteiger partial charge in [0.2, 0.25) is 5.91 Å². The first kappa shape index (κ1) is 23.9. The predicted octanol–water partition coefficient (Wildman–Crippen LogP) is 5.31. The zero-order valence-corrected chi connectivity index (χ0v) is 20.4. The second-order valence-electron chi connectivity index (χ2n) is 8.46. The fourth-order valence-electron chi connectivity index (χ4n) is 3.53. The molecule has 0 bridgehead atoms. The number of amides is 1. The van der Waals surface area contributed by atoms with Gasteiger partial charge in [-0.1, -0.05) is 63.7 Å². The normalized spacial score (nSPS) is 12.2. The molecule has 0 aliphatic heterocycles. The van der Waals surface area contributed by atoms with E-state index in [-0.39, 0.29) is 23.6 Å². The van der Waals surface area contributed by atoms with E-state index in [1.54, 1.807) is 7.11 Å². The first-order chi connectivity index (χ1) is 15.3. The van der Waals surface area contributed by atoms with E-state index in [9.17, 15) is 4.79 Å². The van der Waals surface area contributed by atoms with Gasteiger partial charge in [0.15, 0.2) is 5.16 Å². The number of carbonyl (C=O) groups excluding carboxylic acids is 1. The van der Waals surface area contributed by atoms with Crippen LogP contribution in [0.2, 0.25) is 0 Å². The highest BCUT2D eigenvalue weighted by molar-refractivity contribution is 7.99. The second kappa shape index (κ2) is 10.7. The van der Waals surface area contributed by atoms with E-state index in [2.05, 4.69) is 67.5 Å². The summed E-state index contributed by atoms with van der Waals surface area (Å²) < 4.78 is 7.18. The van der Waals surface area contributed by atoms with Crippen molar-refractivity contribution in [3.63, 3.8) is 0 Å². The minimum Gasteiger partial charge on any atom is -0.497 e. The van der Waals surface area contributed by atoms with Crippen LogP contribution >= 0.6 is 11.8 Å². The van der Waals surface area contributed by atoms with Gasteiger partial charge in [0, 0.05) is 5.69 Å². The highest BCUT2D eigenvalue weighted by Crippen LogP contribution is 2.26. The van der Waals surface area contributed by atoms with Crippen molar-refractivity contribution in [1.29, 1.82) is 0 Å². The summed E-state index contributed by atoms with van der Waals surface area (Å²) in [7, 11) is 1.64. The molecule has 7 heteroatoms. The maximum atomic E-state index is 12.8. The quantitative estimate of drug-likeness (QED) is 0.445. The van der Waals surface area contributed by atoms with Crippen LogP contribution in [0.15, 0.2) is 53.7 Å². The lowest BCUT2D eigenvalue weighted by atomic mass is 9.93. The molecule has 2 aromatic carbocycles. The highest BCUT2D eigenvalue weighted by atomic mass is 32.2. The Kier molecular flexibility index (Phi) is 7.96. The van der Waals surface area contributed by atoms with Gasteiger partial charge >= 0.3 is 0 Å². The molecule has 1 heterocycles. The maximum absolute atomic E-state index is 12.8. The average molecular weight is 453 g/mol. The molecule has 0 radical (unpaired) electrons. The van der Waals surface area contributed by atoms with Crippen LogP contribution < -0.4 is 10.1 Å². The molecule has 0 spiro atoms. The first-order valence-electron chi connectivity index (χ1n) is 10.9. The second-order valence-corrected chi connectivity index (χ2v) is 9.40. The third-order valence-corrected chi connectivity index (χ3v) is 6.33. The van der Waals surface area contributed by atoms with E-state index in [4.69, 9.17) is 4.74 Å². The Hall–Kier alpha value is -2.80.